The van der Waals surface area contributed by atoms with Crippen LogP contribution in [0, 0.1) is 11.8 Å². The van der Waals surface area contributed by atoms with Gasteiger partial charge >= 0.3 is 0 Å². The van der Waals surface area contributed by atoms with Crippen LogP contribution in [0.1, 0.15) is 32.1 Å². The summed E-state index contributed by atoms with van der Waals surface area (Å²) in [6, 6.07) is 0. The van der Waals surface area contributed by atoms with Crippen LogP contribution in [0.3, 0.4) is 0 Å². The van der Waals surface area contributed by atoms with E-state index in [0.29, 0.717) is 25.6 Å². The molecule has 2 N–H and O–H groups in total. The summed E-state index contributed by atoms with van der Waals surface area (Å²) in [5.74, 6) is 0.939. The molecule has 108 valence electrons. The smallest absolute Gasteiger partial charge is 0.241 e. The summed E-state index contributed by atoms with van der Waals surface area (Å²) in [4.78, 5) is 27.6. The maximum Gasteiger partial charge on any atom is 0.241 e. The van der Waals surface area contributed by atoms with Crippen molar-refractivity contribution in [2.75, 3.05) is 33.2 Å². The highest BCUT2D eigenvalue weighted by Crippen LogP contribution is 2.32. The fraction of sp³-hybridized carbons (Fsp3) is 0.857. The van der Waals surface area contributed by atoms with E-state index in [4.69, 9.17) is 5.73 Å². The van der Waals surface area contributed by atoms with Crippen molar-refractivity contribution in [2.24, 2.45) is 17.6 Å². The molecular formula is C14H25N3O2. The largest absolute Gasteiger partial charge is 0.342 e. The zero-order chi connectivity index (χ0) is 13.8. The molecule has 19 heavy (non-hydrogen) atoms. The number of hydrogen-bond donors (Lipinski definition) is 1. The highest BCUT2D eigenvalue weighted by molar-refractivity contribution is 5.87. The van der Waals surface area contributed by atoms with Gasteiger partial charge in [-0.25, -0.2) is 0 Å². The molecule has 0 bridgehead atoms. The van der Waals surface area contributed by atoms with Crippen molar-refractivity contribution in [1.82, 2.24) is 9.80 Å². The molecule has 1 aliphatic heterocycles. The Morgan fingerprint density at radius 3 is 2.84 bits per heavy atom. The van der Waals surface area contributed by atoms with Gasteiger partial charge in [-0.15, -0.1) is 0 Å². The third-order valence-electron chi connectivity index (χ3n) is 4.48. The molecule has 1 aliphatic carbocycles. The van der Waals surface area contributed by atoms with Crippen LogP contribution in [-0.4, -0.2) is 54.8 Å². The number of rotatable bonds is 3. The first kappa shape index (κ1) is 14.3. The molecular weight excluding hydrogens is 242 g/mol. The quantitative estimate of drug-likeness (QED) is 0.807. The standard InChI is InChI=1S/C14H25N3O2/c1-16-7-8-17(10-13(16)18)14(19)12-4-2-3-11(9-12)5-6-15/h11-12H,2-10,15H2,1H3. The summed E-state index contributed by atoms with van der Waals surface area (Å²) in [6.07, 6.45) is 5.26. The van der Waals surface area contributed by atoms with Crippen molar-refractivity contribution in [3.8, 4) is 0 Å². The highest BCUT2D eigenvalue weighted by Gasteiger charge is 2.32. The van der Waals surface area contributed by atoms with Crippen LogP contribution in [0.25, 0.3) is 0 Å². The van der Waals surface area contributed by atoms with E-state index in [-0.39, 0.29) is 24.3 Å². The topological polar surface area (TPSA) is 66.6 Å². The van der Waals surface area contributed by atoms with Crippen LogP contribution in [-0.2, 0) is 9.59 Å². The Labute approximate surface area is 115 Å². The first-order valence-electron chi connectivity index (χ1n) is 7.34. The van der Waals surface area contributed by atoms with Crippen molar-refractivity contribution in [2.45, 2.75) is 32.1 Å². The Balaban J connectivity index is 1.90. The number of amides is 2. The Morgan fingerprint density at radius 2 is 2.16 bits per heavy atom. The number of hydrogen-bond acceptors (Lipinski definition) is 3. The molecule has 2 fully saturated rings. The van der Waals surface area contributed by atoms with Crippen molar-refractivity contribution in [3.63, 3.8) is 0 Å². The average molecular weight is 267 g/mol. The van der Waals surface area contributed by atoms with Gasteiger partial charge in [0.1, 0.15) is 0 Å². The zero-order valence-electron chi connectivity index (χ0n) is 11.8. The van der Waals surface area contributed by atoms with Gasteiger partial charge in [0, 0.05) is 26.1 Å². The summed E-state index contributed by atoms with van der Waals surface area (Å²) in [7, 11) is 1.79. The van der Waals surface area contributed by atoms with Crippen LogP contribution < -0.4 is 5.73 Å². The molecule has 1 saturated carbocycles. The molecule has 0 radical (unpaired) electrons. The second kappa shape index (κ2) is 6.37. The molecule has 5 nitrogen and oxygen atoms in total. The van der Waals surface area contributed by atoms with Gasteiger partial charge in [0.25, 0.3) is 0 Å². The third-order valence-corrected chi connectivity index (χ3v) is 4.48. The van der Waals surface area contributed by atoms with E-state index in [0.717, 1.165) is 25.7 Å². The lowest BCUT2D eigenvalue weighted by molar-refractivity contribution is -0.147. The van der Waals surface area contributed by atoms with Gasteiger partial charge in [0.2, 0.25) is 11.8 Å². The predicted molar refractivity (Wildman–Crippen MR) is 73.3 cm³/mol. The third kappa shape index (κ3) is 3.47. The predicted octanol–water partition coefficient (Wildman–Crippen LogP) is 0.442. The summed E-state index contributed by atoms with van der Waals surface area (Å²) in [6.45, 7) is 2.30. The normalized spacial score (nSPS) is 28.6. The van der Waals surface area contributed by atoms with E-state index >= 15 is 0 Å². The first-order valence-corrected chi connectivity index (χ1v) is 7.34. The molecule has 2 amide bonds. The van der Waals surface area contributed by atoms with Crippen LogP contribution in [0.4, 0.5) is 0 Å². The molecule has 0 aromatic carbocycles. The second-order valence-electron chi connectivity index (χ2n) is 5.88. The lowest BCUT2D eigenvalue weighted by Gasteiger charge is -2.36. The van der Waals surface area contributed by atoms with E-state index in [2.05, 4.69) is 0 Å². The van der Waals surface area contributed by atoms with Crippen molar-refractivity contribution in [3.05, 3.63) is 0 Å². The highest BCUT2D eigenvalue weighted by atomic mass is 16.2. The zero-order valence-corrected chi connectivity index (χ0v) is 11.8. The lowest BCUT2D eigenvalue weighted by atomic mass is 9.79. The number of piperazine rings is 1. The number of carbonyl (C=O) groups is 2. The van der Waals surface area contributed by atoms with E-state index in [1.54, 1.807) is 16.8 Å². The molecule has 1 saturated heterocycles. The van der Waals surface area contributed by atoms with Gasteiger partial charge in [0.05, 0.1) is 6.54 Å². The number of carbonyl (C=O) groups excluding carboxylic acids is 2. The Kier molecular flexibility index (Phi) is 4.80. The minimum Gasteiger partial charge on any atom is -0.342 e. The Morgan fingerprint density at radius 1 is 1.37 bits per heavy atom. The fourth-order valence-corrected chi connectivity index (χ4v) is 3.22. The molecule has 0 aromatic rings. The summed E-state index contributed by atoms with van der Waals surface area (Å²) < 4.78 is 0. The Bertz CT molecular complexity index is 344. The van der Waals surface area contributed by atoms with E-state index in [1.165, 1.54) is 6.42 Å². The molecule has 2 unspecified atom stereocenters. The summed E-state index contributed by atoms with van der Waals surface area (Å²) >= 11 is 0. The number of likely N-dealkylation sites (N-methyl/N-ethyl adjacent to an activating group) is 1. The van der Waals surface area contributed by atoms with Gasteiger partial charge in [-0.05, 0) is 31.7 Å². The molecule has 2 atom stereocenters. The molecule has 0 aromatic heterocycles. The fourth-order valence-electron chi connectivity index (χ4n) is 3.22. The van der Waals surface area contributed by atoms with Crippen LogP contribution in [0.5, 0.6) is 0 Å². The molecule has 1 heterocycles. The van der Waals surface area contributed by atoms with Crippen molar-refractivity contribution >= 4 is 11.8 Å². The van der Waals surface area contributed by atoms with Crippen LogP contribution in [0.2, 0.25) is 0 Å². The Hall–Kier alpha value is -1.10. The van der Waals surface area contributed by atoms with Crippen LogP contribution >= 0.6 is 0 Å². The van der Waals surface area contributed by atoms with Gasteiger partial charge in [-0.1, -0.05) is 12.8 Å². The summed E-state index contributed by atoms with van der Waals surface area (Å²) in [5, 5.41) is 0. The number of nitrogens with zero attached hydrogens (tertiary/aromatic N) is 2. The first-order chi connectivity index (χ1) is 9.11. The maximum absolute atomic E-state index is 12.5. The van der Waals surface area contributed by atoms with Gasteiger partial charge in [0.15, 0.2) is 0 Å². The molecule has 0 spiro atoms. The monoisotopic (exact) mass is 267 g/mol. The minimum absolute atomic E-state index is 0.0499. The maximum atomic E-state index is 12.5. The van der Waals surface area contributed by atoms with Gasteiger partial charge in [-0.3, -0.25) is 9.59 Å². The average Bonchev–Trinajstić information content (AvgIpc) is 2.42. The van der Waals surface area contributed by atoms with E-state index in [9.17, 15) is 9.59 Å². The lowest BCUT2D eigenvalue weighted by Crippen LogP contribution is -2.52. The van der Waals surface area contributed by atoms with Crippen molar-refractivity contribution in [1.29, 1.82) is 0 Å². The molecule has 5 heteroatoms. The second-order valence-corrected chi connectivity index (χ2v) is 5.88. The van der Waals surface area contributed by atoms with Gasteiger partial charge < -0.3 is 15.5 Å². The minimum atomic E-state index is 0.0499. The summed E-state index contributed by atoms with van der Waals surface area (Å²) in [5.41, 5.74) is 5.61. The molecule has 2 rings (SSSR count). The molecule has 2 aliphatic rings. The number of nitrogens with two attached hydrogens (primary N) is 1. The van der Waals surface area contributed by atoms with Crippen molar-refractivity contribution < 1.29 is 9.59 Å². The SMILES string of the molecule is CN1CCN(C(=O)C2CCCC(CCN)C2)CC1=O. The van der Waals surface area contributed by atoms with E-state index < -0.39 is 0 Å². The van der Waals surface area contributed by atoms with E-state index in [1.807, 2.05) is 0 Å². The van der Waals surface area contributed by atoms with Gasteiger partial charge in [-0.2, -0.15) is 0 Å². The van der Waals surface area contributed by atoms with Crippen LogP contribution in [0.15, 0.2) is 0 Å².